The molecular formula is C17H20F8N3O9S+. The summed E-state index contributed by atoms with van der Waals surface area (Å²) >= 11 is 0. The van der Waals surface area contributed by atoms with Crippen LogP contribution >= 0.6 is 10.2 Å². The van der Waals surface area contributed by atoms with Gasteiger partial charge in [0.2, 0.25) is 12.4 Å². The first-order valence-electron chi connectivity index (χ1n) is 9.81. The van der Waals surface area contributed by atoms with E-state index in [9.17, 15) is 57.6 Å². The number of esters is 1. The summed E-state index contributed by atoms with van der Waals surface area (Å²) in [5.74, 6) is -7.86. The number of hydrogen-bond acceptors (Lipinski definition) is 9. The third-order valence-electron chi connectivity index (χ3n) is 4.56. The zero-order chi connectivity index (χ0) is 29.5. The third-order valence-corrected chi connectivity index (χ3v) is 5.69. The number of aliphatic hydroxyl groups excluding tert-OH is 1. The number of hydrogen-bond donors (Lipinski definition) is 5. The first kappa shape index (κ1) is 31.2. The Balaban J connectivity index is 2.52. The summed E-state index contributed by atoms with van der Waals surface area (Å²) in [6, 6.07) is -1.14. The average Bonchev–Trinajstić information content (AvgIpc) is 2.72. The minimum atomic E-state index is -10.6. The van der Waals surface area contributed by atoms with E-state index in [-0.39, 0.29) is 17.6 Å². The first-order chi connectivity index (χ1) is 16.8. The number of fused-ring (bicyclic) bond motifs is 1. The molecule has 0 bridgehead atoms. The Morgan fingerprint density at radius 3 is 2.26 bits per heavy atom. The van der Waals surface area contributed by atoms with E-state index < -0.39 is 86.8 Å². The number of nitrogens with zero attached hydrogens (tertiary/aromatic N) is 2. The molecule has 0 amide bonds. The van der Waals surface area contributed by atoms with Crippen molar-refractivity contribution < 1.29 is 77.1 Å². The first-order valence-corrected chi connectivity index (χ1v) is 11.8. The highest BCUT2D eigenvalue weighted by atomic mass is 32.5. The van der Waals surface area contributed by atoms with Crippen molar-refractivity contribution in [2.75, 3.05) is 20.2 Å². The van der Waals surface area contributed by atoms with Crippen molar-refractivity contribution in [3.8, 4) is 5.75 Å². The normalized spacial score (nSPS) is 18.7. The summed E-state index contributed by atoms with van der Waals surface area (Å²) in [6.45, 7) is 0.212. The van der Waals surface area contributed by atoms with E-state index in [4.69, 9.17) is 5.11 Å². The number of carbonyl (C=O) groups excluding carboxylic acids is 1. The number of ether oxygens (including phenoxy) is 2. The number of carbonyl (C=O) groups is 1. The van der Waals surface area contributed by atoms with Crippen molar-refractivity contribution in [2.45, 2.75) is 36.4 Å². The van der Waals surface area contributed by atoms with Gasteiger partial charge in [-0.25, -0.2) is 4.79 Å². The molecule has 0 saturated heterocycles. The molecule has 218 valence electrons. The number of alkyl halides is 3. The molecule has 1 aliphatic heterocycles. The van der Waals surface area contributed by atoms with Crippen LogP contribution in [0.5, 0.6) is 5.75 Å². The van der Waals surface area contributed by atoms with Crippen molar-refractivity contribution in [3.05, 3.63) is 33.7 Å². The van der Waals surface area contributed by atoms with E-state index in [2.05, 4.69) is 14.3 Å². The average molecular weight is 594 g/mol. The van der Waals surface area contributed by atoms with Crippen molar-refractivity contribution in [3.63, 3.8) is 0 Å². The van der Waals surface area contributed by atoms with Gasteiger partial charge < -0.3 is 29.9 Å². The van der Waals surface area contributed by atoms with Crippen LogP contribution in [0.25, 0.3) is 6.08 Å². The van der Waals surface area contributed by atoms with Crippen LogP contribution in [-0.4, -0.2) is 75.2 Å². The van der Waals surface area contributed by atoms with E-state index in [1.807, 2.05) is 0 Å². The van der Waals surface area contributed by atoms with E-state index >= 15 is 0 Å². The molecule has 1 heterocycles. The molecule has 21 heteroatoms. The van der Waals surface area contributed by atoms with Crippen LogP contribution in [0.1, 0.15) is 18.1 Å². The van der Waals surface area contributed by atoms with Gasteiger partial charge in [-0.1, -0.05) is 19.4 Å². The van der Waals surface area contributed by atoms with Gasteiger partial charge >= 0.3 is 28.3 Å². The van der Waals surface area contributed by atoms with Crippen LogP contribution in [0, 0.1) is 4.91 Å². The monoisotopic (exact) mass is 594 g/mol. The predicted molar refractivity (Wildman–Crippen MR) is 108 cm³/mol. The van der Waals surface area contributed by atoms with Crippen molar-refractivity contribution in [2.24, 2.45) is 0 Å². The minimum Gasteiger partial charge on any atom is -0.475 e. The molecule has 0 radical (unpaired) electrons. The summed E-state index contributed by atoms with van der Waals surface area (Å²) in [7, 11) is -9.47. The lowest BCUT2D eigenvalue weighted by atomic mass is 9.98. The van der Waals surface area contributed by atoms with Gasteiger partial charge in [0.15, 0.2) is 0 Å². The van der Waals surface area contributed by atoms with E-state index in [0.29, 0.717) is 0 Å². The van der Waals surface area contributed by atoms with Crippen LogP contribution in [0.4, 0.5) is 32.6 Å². The zero-order valence-electron chi connectivity index (χ0n) is 19.0. The fourth-order valence-electron chi connectivity index (χ4n) is 2.84. The van der Waals surface area contributed by atoms with Crippen LogP contribution in [0.15, 0.2) is 22.6 Å². The number of aliphatic hydroxyl groups is 4. The molecule has 2 atom stereocenters. The molecule has 0 spiro atoms. The van der Waals surface area contributed by atoms with Gasteiger partial charge in [-0.3, -0.25) is 0 Å². The summed E-state index contributed by atoms with van der Waals surface area (Å²) in [5, 5.41) is 37.5. The van der Waals surface area contributed by atoms with E-state index in [1.165, 1.54) is 7.05 Å². The Bertz CT molecular complexity index is 1140. The van der Waals surface area contributed by atoms with Crippen LogP contribution < -0.4 is 10.3 Å². The second kappa shape index (κ2) is 9.34. The number of rotatable bonds is 10. The molecule has 1 aliphatic rings. The van der Waals surface area contributed by atoms with Crippen LogP contribution in [0.2, 0.25) is 0 Å². The van der Waals surface area contributed by atoms with Crippen molar-refractivity contribution in [1.82, 2.24) is 10.6 Å². The smallest absolute Gasteiger partial charge is 0.430 e. The summed E-state index contributed by atoms with van der Waals surface area (Å²) in [4.78, 5) is 25.6. The van der Waals surface area contributed by atoms with Gasteiger partial charge in [-0.15, -0.1) is 5.01 Å². The number of nitroso groups, excluding NO2 is 1. The lowest BCUT2D eigenvalue weighted by Gasteiger charge is -2.41. The summed E-state index contributed by atoms with van der Waals surface area (Å²) < 4.78 is 117. The number of likely N-dealkylation sites (N-methyl/N-ethyl adjacent to an activating group) is 1. The van der Waals surface area contributed by atoms with Crippen molar-refractivity contribution >= 4 is 22.3 Å². The maximum atomic E-state index is 13.6. The van der Waals surface area contributed by atoms with Crippen LogP contribution in [-0.2, 0) is 20.3 Å². The lowest BCUT2D eigenvalue weighted by molar-refractivity contribution is -0.788. The molecule has 2 rings (SSSR count). The van der Waals surface area contributed by atoms with Gasteiger partial charge in [-0.2, -0.15) is 18.0 Å². The largest absolute Gasteiger partial charge is 0.475 e. The predicted octanol–water partition coefficient (Wildman–Crippen LogP) is 2.08. The number of hydrazine groups is 2. The second-order valence-electron chi connectivity index (χ2n) is 7.69. The maximum absolute atomic E-state index is 13.6. The van der Waals surface area contributed by atoms with Gasteiger partial charge in [0.05, 0.1) is 29.7 Å². The number of halogens is 8. The molecule has 1 unspecified atom stereocenters. The second-order valence-corrected chi connectivity index (χ2v) is 10.1. The van der Waals surface area contributed by atoms with Gasteiger partial charge in [0.1, 0.15) is 17.2 Å². The molecular weight excluding hydrogens is 574 g/mol. The Morgan fingerprint density at radius 1 is 1.21 bits per heavy atom. The fourth-order valence-corrected chi connectivity index (χ4v) is 3.53. The zero-order valence-corrected chi connectivity index (χ0v) is 19.8. The quantitative estimate of drug-likeness (QED) is 0.0887. The van der Waals surface area contributed by atoms with E-state index in [1.54, 1.807) is 5.59 Å². The molecule has 0 aliphatic carbocycles. The molecule has 5 N–H and O–H groups in total. The maximum Gasteiger partial charge on any atom is 0.430 e. The van der Waals surface area contributed by atoms with E-state index in [0.717, 1.165) is 11.9 Å². The van der Waals surface area contributed by atoms with Crippen molar-refractivity contribution in [1.29, 1.82) is 0 Å². The third kappa shape index (κ3) is 7.54. The highest BCUT2D eigenvalue weighted by Crippen LogP contribution is 3.02. The summed E-state index contributed by atoms with van der Waals surface area (Å²) in [6.07, 6.45) is -10.7. The Hall–Kier alpha value is -2.98. The van der Waals surface area contributed by atoms with Gasteiger partial charge in [-0.05, 0) is 18.2 Å². The molecule has 0 saturated carbocycles. The SMILES string of the molecule is CC(ON[N+](=O)N(C)CCO)OC(=O)C1=Cc2cc(S(F)(F)(F)(F)F)cc(C(O)(O)O)c2O[C@@H]1C(F)(F)F. The minimum absolute atomic E-state index is 0.00333. The fraction of sp³-hybridized carbons (Fsp3) is 0.471. The molecule has 0 fully saturated rings. The number of benzene rings is 1. The highest BCUT2D eigenvalue weighted by molar-refractivity contribution is 8.45. The lowest BCUT2D eigenvalue weighted by Crippen LogP contribution is -2.44. The molecule has 12 nitrogen and oxygen atoms in total. The standard InChI is InChI=1S/C17H20F8N3O9S/c1-8(37-26-28(34)27(2)3-4-29)35-15(30)11-6-9-5-10(38(21,22,23,24)25)7-12(17(31,32)33)13(9)36-14(11)16(18,19)20/h5-8,14,29,31-33H,3-4H2,1-2H3,(H,26,34)/q+1/t8?,14-/m0/s1. The Kier molecular flexibility index (Phi) is 7.68. The van der Waals surface area contributed by atoms with Gasteiger partial charge in [0, 0.05) is 18.1 Å². The molecule has 1 aromatic rings. The Morgan fingerprint density at radius 2 is 1.79 bits per heavy atom. The highest BCUT2D eigenvalue weighted by Gasteiger charge is 2.66. The molecule has 1 aromatic carbocycles. The topological polar surface area (TPSA) is 161 Å². The number of nitrogens with one attached hydrogen (secondary N) is 1. The summed E-state index contributed by atoms with van der Waals surface area (Å²) in [5.41, 5.74) is -3.21. The molecule has 0 aromatic heterocycles. The van der Waals surface area contributed by atoms with Crippen LogP contribution in [0.3, 0.4) is 0 Å². The van der Waals surface area contributed by atoms with Gasteiger partial charge in [0.25, 0.3) is 4.98 Å². The Labute approximate surface area is 206 Å². The molecule has 38 heavy (non-hydrogen) atoms.